The number of hydrogen-bond donors (Lipinski definition) is 1. The molecule has 0 atom stereocenters. The minimum Gasteiger partial charge on any atom is -0.277 e. The van der Waals surface area contributed by atoms with Crippen molar-refractivity contribution in [2.45, 2.75) is 0 Å². The summed E-state index contributed by atoms with van der Waals surface area (Å²) in [6, 6.07) is 5.77. The summed E-state index contributed by atoms with van der Waals surface area (Å²) < 4.78 is 0. The lowest BCUT2D eigenvalue weighted by molar-refractivity contribution is 1.08. The van der Waals surface area contributed by atoms with Gasteiger partial charge in [0.2, 0.25) is 0 Å². The highest BCUT2D eigenvalue weighted by atomic mass is 15.1. The lowest BCUT2D eigenvalue weighted by Gasteiger charge is -1.92. The maximum atomic E-state index is 4.18. The molecule has 74 valence electrons. The topological polar surface area (TPSA) is 41.6 Å². The molecule has 2 aromatic rings. The first-order chi connectivity index (χ1) is 7.31. The molecule has 3 heteroatoms. The Balaban J connectivity index is 2.36. The quantitative estimate of drug-likeness (QED) is 0.768. The van der Waals surface area contributed by atoms with E-state index in [2.05, 4.69) is 28.3 Å². The molecular formula is C12H11N3. The van der Waals surface area contributed by atoms with E-state index in [-0.39, 0.29) is 0 Å². The van der Waals surface area contributed by atoms with Crippen LogP contribution in [0.3, 0.4) is 0 Å². The number of rotatable bonds is 3. The van der Waals surface area contributed by atoms with Crippen LogP contribution in [0, 0.1) is 0 Å². The van der Waals surface area contributed by atoms with Crippen LogP contribution in [-0.4, -0.2) is 15.2 Å². The smallest absolute Gasteiger partial charge is 0.0942 e. The molecule has 0 unspecified atom stereocenters. The van der Waals surface area contributed by atoms with E-state index in [1.54, 1.807) is 18.5 Å². The maximum absolute atomic E-state index is 4.18. The molecule has 0 aliphatic carbocycles. The summed E-state index contributed by atoms with van der Waals surface area (Å²) in [5.74, 6) is 0. The number of aromatic amines is 1. The van der Waals surface area contributed by atoms with Crippen LogP contribution in [0.15, 0.2) is 49.8 Å². The Bertz CT molecular complexity index is 483. The average molecular weight is 197 g/mol. The molecule has 0 saturated carbocycles. The highest BCUT2D eigenvalue weighted by Crippen LogP contribution is 2.19. The van der Waals surface area contributed by atoms with Gasteiger partial charge >= 0.3 is 0 Å². The van der Waals surface area contributed by atoms with Crippen LogP contribution in [0.1, 0.15) is 5.69 Å². The number of pyridine rings is 1. The van der Waals surface area contributed by atoms with Crippen LogP contribution >= 0.6 is 0 Å². The van der Waals surface area contributed by atoms with E-state index in [4.69, 9.17) is 0 Å². The second-order valence-electron chi connectivity index (χ2n) is 3.14. The van der Waals surface area contributed by atoms with Gasteiger partial charge in [-0.3, -0.25) is 10.1 Å². The predicted molar refractivity (Wildman–Crippen MR) is 61.0 cm³/mol. The summed E-state index contributed by atoms with van der Waals surface area (Å²) in [7, 11) is 0. The van der Waals surface area contributed by atoms with Crippen molar-refractivity contribution in [3.8, 4) is 11.3 Å². The van der Waals surface area contributed by atoms with Crippen LogP contribution in [0.5, 0.6) is 0 Å². The monoisotopic (exact) mass is 197 g/mol. The van der Waals surface area contributed by atoms with E-state index in [0.717, 1.165) is 22.5 Å². The van der Waals surface area contributed by atoms with Crippen molar-refractivity contribution in [2.75, 3.05) is 0 Å². The second-order valence-corrected chi connectivity index (χ2v) is 3.14. The van der Waals surface area contributed by atoms with Crippen molar-refractivity contribution in [2.24, 2.45) is 0 Å². The third kappa shape index (κ3) is 1.86. The van der Waals surface area contributed by atoms with Crippen molar-refractivity contribution >= 4 is 5.57 Å². The van der Waals surface area contributed by atoms with Gasteiger partial charge in [0.15, 0.2) is 0 Å². The molecule has 15 heavy (non-hydrogen) atoms. The van der Waals surface area contributed by atoms with Crippen molar-refractivity contribution < 1.29 is 0 Å². The summed E-state index contributed by atoms with van der Waals surface area (Å²) in [5, 5.41) is 7.09. The standard InChI is InChI=1S/C12H11N3/c1-3-9(2)11-7-12(15-14-11)10-5-4-6-13-8-10/h3-8H,1-2H2,(H,14,15). The van der Waals surface area contributed by atoms with Gasteiger partial charge in [-0.2, -0.15) is 5.10 Å². The van der Waals surface area contributed by atoms with E-state index in [0.29, 0.717) is 0 Å². The molecule has 2 heterocycles. The number of allylic oxidation sites excluding steroid dienone is 2. The van der Waals surface area contributed by atoms with Crippen molar-refractivity contribution in [1.29, 1.82) is 0 Å². The van der Waals surface area contributed by atoms with E-state index in [9.17, 15) is 0 Å². The van der Waals surface area contributed by atoms with Gasteiger partial charge in [0, 0.05) is 18.0 Å². The van der Waals surface area contributed by atoms with Crippen LogP contribution in [0.4, 0.5) is 0 Å². The number of nitrogens with one attached hydrogen (secondary N) is 1. The number of H-pyrrole nitrogens is 1. The van der Waals surface area contributed by atoms with Gasteiger partial charge in [0.25, 0.3) is 0 Å². The predicted octanol–water partition coefficient (Wildman–Crippen LogP) is 2.67. The Kier molecular flexibility index (Phi) is 2.46. The Labute approximate surface area is 88.2 Å². The van der Waals surface area contributed by atoms with Gasteiger partial charge in [-0.05, 0) is 23.8 Å². The third-order valence-electron chi connectivity index (χ3n) is 2.13. The molecule has 3 nitrogen and oxygen atoms in total. The van der Waals surface area contributed by atoms with Gasteiger partial charge in [0.05, 0.1) is 11.4 Å². The average Bonchev–Trinajstić information content (AvgIpc) is 2.78. The zero-order valence-corrected chi connectivity index (χ0v) is 8.27. The van der Waals surface area contributed by atoms with Gasteiger partial charge in [-0.15, -0.1) is 0 Å². The zero-order valence-electron chi connectivity index (χ0n) is 8.27. The highest BCUT2D eigenvalue weighted by molar-refractivity contribution is 5.72. The number of aromatic nitrogens is 3. The summed E-state index contributed by atoms with van der Waals surface area (Å²) in [6.07, 6.45) is 5.21. The largest absolute Gasteiger partial charge is 0.277 e. The molecule has 0 fully saturated rings. The summed E-state index contributed by atoms with van der Waals surface area (Å²) >= 11 is 0. The molecule has 0 aromatic carbocycles. The van der Waals surface area contributed by atoms with Gasteiger partial charge in [-0.25, -0.2) is 0 Å². The van der Waals surface area contributed by atoms with Crippen molar-refractivity contribution in [3.63, 3.8) is 0 Å². The van der Waals surface area contributed by atoms with Gasteiger partial charge in [-0.1, -0.05) is 19.2 Å². The number of nitrogens with zero attached hydrogens (tertiary/aromatic N) is 2. The van der Waals surface area contributed by atoms with E-state index >= 15 is 0 Å². The number of hydrogen-bond acceptors (Lipinski definition) is 2. The first-order valence-corrected chi connectivity index (χ1v) is 4.59. The molecule has 0 radical (unpaired) electrons. The van der Waals surface area contributed by atoms with Crippen LogP contribution in [0.25, 0.3) is 16.8 Å². The Morgan fingerprint density at radius 2 is 2.33 bits per heavy atom. The fourth-order valence-corrected chi connectivity index (χ4v) is 1.26. The zero-order chi connectivity index (χ0) is 10.7. The first-order valence-electron chi connectivity index (χ1n) is 4.59. The molecule has 2 rings (SSSR count). The first kappa shape index (κ1) is 9.40. The van der Waals surface area contributed by atoms with Crippen LogP contribution in [0.2, 0.25) is 0 Å². The normalized spacial score (nSPS) is 9.87. The SMILES string of the molecule is C=CC(=C)c1cc(-c2cccnc2)n[nH]1. The highest BCUT2D eigenvalue weighted by Gasteiger charge is 2.04. The molecule has 0 amide bonds. The Hall–Kier alpha value is -2.16. The lowest BCUT2D eigenvalue weighted by atomic mass is 10.1. The minimum atomic E-state index is 0.831. The van der Waals surface area contributed by atoms with Crippen molar-refractivity contribution in [1.82, 2.24) is 15.2 Å². The van der Waals surface area contributed by atoms with Crippen LogP contribution in [-0.2, 0) is 0 Å². The fraction of sp³-hybridized carbons (Fsp3) is 0. The molecule has 0 bridgehead atoms. The summed E-state index contributed by atoms with van der Waals surface area (Å²) in [6.45, 7) is 7.50. The Morgan fingerprint density at radius 1 is 1.47 bits per heavy atom. The third-order valence-corrected chi connectivity index (χ3v) is 2.13. The van der Waals surface area contributed by atoms with E-state index in [1.165, 1.54) is 0 Å². The second kappa shape index (κ2) is 3.92. The molecule has 0 aliphatic rings. The fourth-order valence-electron chi connectivity index (χ4n) is 1.26. The van der Waals surface area contributed by atoms with Crippen LogP contribution < -0.4 is 0 Å². The molecule has 1 N–H and O–H groups in total. The Morgan fingerprint density at radius 3 is 3.00 bits per heavy atom. The summed E-state index contributed by atoms with van der Waals surface area (Å²) in [4.78, 5) is 4.04. The van der Waals surface area contributed by atoms with E-state index < -0.39 is 0 Å². The molecular weight excluding hydrogens is 186 g/mol. The van der Waals surface area contributed by atoms with Crippen molar-refractivity contribution in [3.05, 3.63) is 55.5 Å². The minimum absolute atomic E-state index is 0.831. The molecule has 2 aromatic heterocycles. The molecule has 0 saturated heterocycles. The maximum Gasteiger partial charge on any atom is 0.0942 e. The lowest BCUT2D eigenvalue weighted by Crippen LogP contribution is -1.78. The van der Waals surface area contributed by atoms with E-state index in [1.807, 2.05) is 18.2 Å². The molecule has 0 aliphatic heterocycles. The van der Waals surface area contributed by atoms with Gasteiger partial charge < -0.3 is 0 Å². The molecule has 0 spiro atoms. The summed E-state index contributed by atoms with van der Waals surface area (Å²) in [5.41, 5.74) is 3.56. The van der Waals surface area contributed by atoms with Gasteiger partial charge in [0.1, 0.15) is 0 Å².